The molecule has 4 aromatic heterocycles. The maximum Gasteiger partial charge on any atom is 0.215 e. The van der Waals surface area contributed by atoms with E-state index in [1.807, 2.05) is 16.7 Å². The van der Waals surface area contributed by atoms with Crippen molar-refractivity contribution in [2.24, 2.45) is 5.14 Å². The van der Waals surface area contributed by atoms with E-state index in [1.54, 1.807) is 31.8 Å². The van der Waals surface area contributed by atoms with Crippen LogP contribution in [0.4, 0.5) is 0 Å². The molecule has 1 atom stereocenters. The van der Waals surface area contributed by atoms with Crippen molar-refractivity contribution in [1.82, 2.24) is 24.5 Å². The fourth-order valence-corrected chi connectivity index (χ4v) is 3.73. The quantitative estimate of drug-likeness (QED) is 0.554. The molecule has 0 amide bonds. The normalized spacial score (nSPS) is 12.2. The molecule has 10 heteroatoms. The second kappa shape index (κ2) is 6.96. The summed E-state index contributed by atoms with van der Waals surface area (Å²) in [5.74, 6) is 0.498. The zero-order chi connectivity index (χ0) is 19.0. The summed E-state index contributed by atoms with van der Waals surface area (Å²) in [5, 5.41) is 15.9. The second-order valence-electron chi connectivity index (χ2n) is 5.65. The molecule has 0 fully saturated rings. The minimum absolute atomic E-state index is 0.260. The molecule has 0 saturated heterocycles. The average Bonchev–Trinajstić information content (AvgIpc) is 3.10. The molecule has 0 bridgehead atoms. The number of ether oxygens (including phenoxy) is 1. The third-order valence-electron chi connectivity index (χ3n) is 4.06. The summed E-state index contributed by atoms with van der Waals surface area (Å²) in [4.78, 5) is 18.1. The number of nitriles is 1. The first-order valence-corrected chi connectivity index (χ1v) is 10.0. The summed E-state index contributed by atoms with van der Waals surface area (Å²) in [6.07, 6.45) is 3.40. The summed E-state index contributed by atoms with van der Waals surface area (Å²) in [6.45, 7) is 0.437. The van der Waals surface area contributed by atoms with Gasteiger partial charge >= 0.3 is 0 Å². The van der Waals surface area contributed by atoms with E-state index < -0.39 is 9.64 Å². The zero-order valence-corrected chi connectivity index (χ0v) is 15.8. The zero-order valence-electron chi connectivity index (χ0n) is 14.2. The van der Waals surface area contributed by atoms with E-state index in [9.17, 15) is 5.26 Å². The van der Waals surface area contributed by atoms with Crippen LogP contribution in [0.15, 0.2) is 41.7 Å². The van der Waals surface area contributed by atoms with Gasteiger partial charge in [-0.2, -0.15) is 10.2 Å². The number of imidazole rings is 1. The Kier molecular flexibility index (Phi) is 4.49. The molecule has 27 heavy (non-hydrogen) atoms. The first kappa shape index (κ1) is 17.4. The lowest BCUT2D eigenvalue weighted by Gasteiger charge is -2.08. The van der Waals surface area contributed by atoms with Crippen molar-refractivity contribution in [3.05, 3.63) is 48.2 Å². The van der Waals surface area contributed by atoms with Crippen molar-refractivity contribution in [1.29, 1.82) is 5.26 Å². The Bertz CT molecular complexity index is 1250. The Balaban J connectivity index is 1.82. The van der Waals surface area contributed by atoms with Gasteiger partial charge in [-0.15, -0.1) is 0 Å². The van der Waals surface area contributed by atoms with Gasteiger partial charge in [0.25, 0.3) is 0 Å². The molecule has 0 aliphatic carbocycles. The highest BCUT2D eigenvalue weighted by atomic mass is 32.8. The molecule has 4 aromatic rings. The minimum Gasteiger partial charge on any atom is -0.481 e. The molecule has 0 aliphatic heterocycles. The van der Waals surface area contributed by atoms with E-state index in [0.717, 1.165) is 16.4 Å². The lowest BCUT2D eigenvalue weighted by molar-refractivity contribution is 0.399. The van der Waals surface area contributed by atoms with E-state index in [1.165, 1.54) is 0 Å². The van der Waals surface area contributed by atoms with Crippen molar-refractivity contribution < 1.29 is 4.74 Å². The average molecular weight is 395 g/mol. The van der Waals surface area contributed by atoms with Gasteiger partial charge in [-0.1, -0.05) is 0 Å². The number of hydrogen-bond acceptors (Lipinski definition) is 7. The monoisotopic (exact) mass is 395 g/mol. The summed E-state index contributed by atoms with van der Waals surface area (Å²) in [6, 6.07) is 9.35. The molecule has 8 nitrogen and oxygen atoms in total. The molecule has 2 N–H and O–H groups in total. The lowest BCUT2D eigenvalue weighted by atomic mass is 10.2. The number of fused-ring (bicyclic) bond motifs is 3. The highest BCUT2D eigenvalue weighted by Crippen LogP contribution is 2.24. The van der Waals surface area contributed by atoms with E-state index in [0.29, 0.717) is 28.7 Å². The third-order valence-corrected chi connectivity index (χ3v) is 5.36. The van der Waals surface area contributed by atoms with Crippen molar-refractivity contribution in [3.8, 4) is 11.9 Å². The van der Waals surface area contributed by atoms with Crippen molar-refractivity contribution in [2.45, 2.75) is 11.4 Å². The number of methoxy groups -OCH3 is 1. The molecule has 4 heterocycles. The van der Waals surface area contributed by atoms with Gasteiger partial charge in [0.2, 0.25) is 5.88 Å². The second-order valence-corrected chi connectivity index (χ2v) is 7.76. The Morgan fingerprint density at radius 3 is 2.85 bits per heavy atom. The van der Waals surface area contributed by atoms with E-state index in [2.05, 4.69) is 26.0 Å². The highest BCUT2D eigenvalue weighted by Gasteiger charge is 2.12. The predicted molar refractivity (Wildman–Crippen MR) is 105 cm³/mol. The number of nitrogens with two attached hydrogens (primary N) is 1. The van der Waals surface area contributed by atoms with Crippen molar-refractivity contribution in [3.63, 3.8) is 0 Å². The van der Waals surface area contributed by atoms with Crippen LogP contribution in [0.25, 0.3) is 22.1 Å². The Morgan fingerprint density at radius 1 is 1.26 bits per heavy atom. The lowest BCUT2D eigenvalue weighted by Crippen LogP contribution is -2.08. The fourth-order valence-electron chi connectivity index (χ4n) is 2.85. The molecular weight excluding hydrogens is 382 g/mol. The van der Waals surface area contributed by atoms with Crippen LogP contribution in [0.5, 0.6) is 5.88 Å². The van der Waals surface area contributed by atoms with Gasteiger partial charge in [-0.3, -0.25) is 5.14 Å². The number of rotatable bonds is 4. The van der Waals surface area contributed by atoms with Crippen LogP contribution < -0.4 is 9.88 Å². The predicted octanol–water partition coefficient (Wildman–Crippen LogP) is 1.62. The molecular formula is C17H13N7OS2. The van der Waals surface area contributed by atoms with Gasteiger partial charge in [0.15, 0.2) is 11.3 Å². The van der Waals surface area contributed by atoms with Crippen LogP contribution in [-0.2, 0) is 27.4 Å². The van der Waals surface area contributed by atoms with E-state index in [-0.39, 0.29) is 5.69 Å². The third kappa shape index (κ3) is 3.12. The molecule has 0 spiro atoms. The highest BCUT2D eigenvalue weighted by molar-refractivity contribution is 8.27. The summed E-state index contributed by atoms with van der Waals surface area (Å²) in [5.41, 5.74) is 3.18. The van der Waals surface area contributed by atoms with E-state index >= 15 is 0 Å². The number of hydrogen-bond donors (Lipinski definition) is 1. The molecule has 134 valence electrons. The van der Waals surface area contributed by atoms with Crippen LogP contribution in [0.1, 0.15) is 11.4 Å². The molecule has 0 saturated carbocycles. The summed E-state index contributed by atoms with van der Waals surface area (Å²) in [7, 11) is 0.633. The van der Waals surface area contributed by atoms with Crippen LogP contribution >= 0.6 is 0 Å². The Morgan fingerprint density at radius 2 is 2.11 bits per heavy atom. The molecule has 0 aromatic carbocycles. The van der Waals surface area contributed by atoms with Crippen molar-refractivity contribution in [2.75, 3.05) is 7.11 Å². The van der Waals surface area contributed by atoms with Gasteiger partial charge in [0.1, 0.15) is 11.6 Å². The minimum atomic E-state index is -0.931. The fraction of sp³-hybridized carbons (Fsp3) is 0.118. The summed E-state index contributed by atoms with van der Waals surface area (Å²) >= 11 is 5.07. The largest absolute Gasteiger partial charge is 0.481 e. The Labute approximate surface area is 161 Å². The number of pyridine rings is 3. The number of nitrogens with zero attached hydrogens (tertiary/aromatic N) is 6. The Hall–Kier alpha value is -3.00. The standard InChI is InChI=1S/C17H13N7OS2/c1-25-15-5-3-11-16-13(7-20-17(11)23-15)21-9-24(16)8-10-2-4-14(27(19)26)12(6-18)22-10/h2-5,7,9H,8,19H2,1H3. The maximum absolute atomic E-state index is 9.32. The smallest absolute Gasteiger partial charge is 0.215 e. The molecule has 0 radical (unpaired) electrons. The SMILES string of the molecule is COc1ccc2c(ncc3ncn(Cc4ccc(S(N)=S)c(C#N)n4)c32)n1. The summed E-state index contributed by atoms with van der Waals surface area (Å²) < 4.78 is 7.12. The topological polar surface area (TPSA) is 116 Å². The van der Waals surface area contributed by atoms with Gasteiger partial charge in [-0.25, -0.2) is 15.0 Å². The van der Waals surface area contributed by atoms with Crippen LogP contribution in [0, 0.1) is 11.3 Å². The van der Waals surface area contributed by atoms with E-state index in [4.69, 9.17) is 21.1 Å². The van der Waals surface area contributed by atoms with Gasteiger partial charge in [0, 0.05) is 11.5 Å². The van der Waals surface area contributed by atoms with Gasteiger partial charge in [-0.05, 0) is 39.0 Å². The number of aromatic nitrogens is 5. The van der Waals surface area contributed by atoms with Crippen LogP contribution in [0.2, 0.25) is 0 Å². The van der Waals surface area contributed by atoms with Crippen LogP contribution in [0.3, 0.4) is 0 Å². The molecule has 4 rings (SSSR count). The first-order valence-electron chi connectivity index (χ1n) is 7.81. The van der Waals surface area contributed by atoms with Gasteiger partial charge < -0.3 is 9.30 Å². The maximum atomic E-state index is 9.32. The van der Waals surface area contributed by atoms with Crippen molar-refractivity contribution >= 4 is 42.9 Å². The first-order chi connectivity index (χ1) is 13.1. The molecule has 1 unspecified atom stereocenters. The van der Waals surface area contributed by atoms with Gasteiger partial charge in [0.05, 0.1) is 42.3 Å². The molecule has 0 aliphatic rings. The van der Waals surface area contributed by atoms with Crippen LogP contribution in [-0.4, -0.2) is 31.6 Å².